The highest BCUT2D eigenvalue weighted by atomic mass is 32.2. The van der Waals surface area contributed by atoms with Gasteiger partial charge in [-0.05, 0) is 6.42 Å². The lowest BCUT2D eigenvalue weighted by Crippen LogP contribution is -2.53. The lowest BCUT2D eigenvalue weighted by molar-refractivity contribution is -0.192. The van der Waals surface area contributed by atoms with Gasteiger partial charge in [-0.25, -0.2) is 4.79 Å². The molecule has 1 heterocycles. The summed E-state index contributed by atoms with van der Waals surface area (Å²) in [6.45, 7) is -0.750. The second kappa shape index (κ2) is 3.99. The third kappa shape index (κ3) is 1.67. The van der Waals surface area contributed by atoms with Crippen molar-refractivity contribution < 1.29 is 41.6 Å². The molecule has 4 aliphatic rings. The first-order chi connectivity index (χ1) is 10.2. The van der Waals surface area contributed by atoms with Gasteiger partial charge in [0.15, 0.2) is 18.0 Å². The van der Waals surface area contributed by atoms with E-state index in [1.807, 2.05) is 0 Å². The molecular formula is C12H12O9S. The van der Waals surface area contributed by atoms with E-state index in [1.165, 1.54) is 0 Å². The second-order valence-electron chi connectivity index (χ2n) is 6.13. The average molecular weight is 332 g/mol. The summed E-state index contributed by atoms with van der Waals surface area (Å²) in [5, 5.41) is 0. The summed E-state index contributed by atoms with van der Waals surface area (Å²) in [5.74, 6) is -3.07. The van der Waals surface area contributed by atoms with E-state index >= 15 is 0 Å². The summed E-state index contributed by atoms with van der Waals surface area (Å²) < 4.78 is 44.4. The van der Waals surface area contributed by atoms with Crippen LogP contribution in [0, 0.1) is 23.7 Å². The summed E-state index contributed by atoms with van der Waals surface area (Å²) in [7, 11) is -4.50. The van der Waals surface area contributed by atoms with Crippen LogP contribution < -0.4 is 0 Å². The number of rotatable bonds is 5. The monoisotopic (exact) mass is 332 g/mol. The molecule has 6 atom stereocenters. The quantitative estimate of drug-likeness (QED) is 0.363. The van der Waals surface area contributed by atoms with E-state index in [0.29, 0.717) is 6.42 Å². The standard InChI is InChI=1S/C12H12O9S/c13-6(2-19-7(14)3-22(16,17)18)20-10-4-1-5-9-8(4)12(9,10)21-11(5)15/h4-5,8-10H,1-3H2,(H,16,17,18)/t4?,5?,8-,9?,10-,12?/m0/s1. The van der Waals surface area contributed by atoms with Crippen LogP contribution in [0.1, 0.15) is 6.42 Å². The van der Waals surface area contributed by atoms with E-state index in [4.69, 9.17) is 14.0 Å². The van der Waals surface area contributed by atoms with Crippen molar-refractivity contribution in [3.63, 3.8) is 0 Å². The third-order valence-electron chi connectivity index (χ3n) is 5.06. The van der Waals surface area contributed by atoms with Crippen LogP contribution in [0.15, 0.2) is 0 Å². The molecular weight excluding hydrogens is 320 g/mol. The summed E-state index contributed by atoms with van der Waals surface area (Å²) >= 11 is 0. The van der Waals surface area contributed by atoms with Crippen LogP contribution in [0.25, 0.3) is 0 Å². The predicted octanol–water partition coefficient (Wildman–Crippen LogP) is -1.48. The predicted molar refractivity (Wildman–Crippen MR) is 64.7 cm³/mol. The minimum atomic E-state index is -4.50. The van der Waals surface area contributed by atoms with Gasteiger partial charge in [0.2, 0.25) is 0 Å². The Morgan fingerprint density at radius 2 is 2.05 bits per heavy atom. The van der Waals surface area contributed by atoms with Gasteiger partial charge in [-0.2, -0.15) is 8.42 Å². The van der Waals surface area contributed by atoms with Gasteiger partial charge in [0.1, 0.15) is 6.10 Å². The minimum absolute atomic E-state index is 0.0717. The summed E-state index contributed by atoms with van der Waals surface area (Å²) in [6.07, 6.45) is 0.147. The molecule has 0 amide bonds. The van der Waals surface area contributed by atoms with Crippen molar-refractivity contribution in [2.45, 2.75) is 18.1 Å². The van der Waals surface area contributed by atoms with E-state index in [9.17, 15) is 22.8 Å². The largest absolute Gasteiger partial charge is 0.455 e. The van der Waals surface area contributed by atoms with E-state index < -0.39 is 46.1 Å². The number of carbonyl (C=O) groups is 3. The van der Waals surface area contributed by atoms with Crippen LogP contribution in [0.3, 0.4) is 0 Å². The van der Waals surface area contributed by atoms with Crippen LogP contribution in [-0.2, 0) is 38.7 Å². The molecule has 4 unspecified atom stereocenters. The smallest absolute Gasteiger partial charge is 0.344 e. The fourth-order valence-corrected chi connectivity index (χ4v) is 4.85. The lowest BCUT2D eigenvalue weighted by atomic mass is 9.74. The number of ether oxygens (including phenoxy) is 3. The van der Waals surface area contributed by atoms with Gasteiger partial charge in [-0.15, -0.1) is 0 Å². The Morgan fingerprint density at radius 1 is 1.32 bits per heavy atom. The van der Waals surface area contributed by atoms with Gasteiger partial charge in [0.25, 0.3) is 10.1 Å². The van der Waals surface area contributed by atoms with E-state index in [0.717, 1.165) is 0 Å². The van der Waals surface area contributed by atoms with Crippen molar-refractivity contribution in [1.82, 2.24) is 0 Å². The van der Waals surface area contributed by atoms with Crippen molar-refractivity contribution >= 4 is 28.0 Å². The van der Waals surface area contributed by atoms with Crippen molar-refractivity contribution in [3.05, 3.63) is 0 Å². The van der Waals surface area contributed by atoms with Crippen molar-refractivity contribution in [2.75, 3.05) is 12.4 Å². The van der Waals surface area contributed by atoms with Crippen LogP contribution in [0.5, 0.6) is 0 Å². The minimum Gasteiger partial charge on any atom is -0.455 e. The maximum atomic E-state index is 11.7. The van der Waals surface area contributed by atoms with Crippen molar-refractivity contribution in [3.8, 4) is 0 Å². The number of hydrogen-bond donors (Lipinski definition) is 1. The Bertz CT molecular complexity index is 697. The number of esters is 3. The van der Waals surface area contributed by atoms with Gasteiger partial charge >= 0.3 is 17.9 Å². The maximum Gasteiger partial charge on any atom is 0.344 e. The van der Waals surface area contributed by atoms with Gasteiger partial charge in [0, 0.05) is 17.8 Å². The molecule has 0 aromatic carbocycles. The molecule has 120 valence electrons. The zero-order valence-electron chi connectivity index (χ0n) is 11.1. The Balaban J connectivity index is 1.30. The van der Waals surface area contributed by atoms with Crippen LogP contribution in [0.4, 0.5) is 0 Å². The molecule has 4 fully saturated rings. The lowest BCUT2D eigenvalue weighted by Gasteiger charge is -2.40. The summed E-state index contributed by atoms with van der Waals surface area (Å²) in [4.78, 5) is 34.3. The van der Waals surface area contributed by atoms with E-state index in [2.05, 4.69) is 4.74 Å². The summed E-state index contributed by atoms with van der Waals surface area (Å²) in [6, 6.07) is 0. The first kappa shape index (κ1) is 13.9. The molecule has 22 heavy (non-hydrogen) atoms. The molecule has 3 saturated carbocycles. The van der Waals surface area contributed by atoms with Gasteiger partial charge < -0.3 is 14.2 Å². The van der Waals surface area contributed by atoms with Crippen LogP contribution in [0.2, 0.25) is 0 Å². The SMILES string of the molecule is O=C(CS(=O)(=O)O)OCC(=O)O[C@H]1C2CC3C(=O)OC14C3[C@H]24. The van der Waals surface area contributed by atoms with Crippen LogP contribution >= 0.6 is 0 Å². The molecule has 10 heteroatoms. The molecule has 0 bridgehead atoms. The Kier molecular flexibility index (Phi) is 2.53. The molecule has 9 nitrogen and oxygen atoms in total. The first-order valence-electron chi connectivity index (χ1n) is 6.77. The van der Waals surface area contributed by atoms with E-state index in [1.54, 1.807) is 0 Å². The molecule has 0 radical (unpaired) electrons. The van der Waals surface area contributed by atoms with Gasteiger partial charge in [0.05, 0.1) is 5.92 Å². The van der Waals surface area contributed by atoms with Crippen molar-refractivity contribution in [2.24, 2.45) is 23.7 Å². The average Bonchev–Trinajstić information content (AvgIpc) is 2.71. The molecule has 1 N–H and O–H groups in total. The molecule has 1 spiro atoms. The molecule has 0 aromatic heterocycles. The Labute approximate surface area is 124 Å². The topological polar surface area (TPSA) is 133 Å². The summed E-state index contributed by atoms with van der Waals surface area (Å²) in [5.41, 5.74) is -0.654. The van der Waals surface area contributed by atoms with Gasteiger partial charge in [-0.1, -0.05) is 0 Å². The highest BCUT2D eigenvalue weighted by molar-refractivity contribution is 7.86. The molecule has 1 aliphatic heterocycles. The first-order valence-corrected chi connectivity index (χ1v) is 8.38. The highest BCUT2D eigenvalue weighted by Gasteiger charge is 2.94. The van der Waals surface area contributed by atoms with Crippen LogP contribution in [-0.4, -0.2) is 54.9 Å². The third-order valence-corrected chi connectivity index (χ3v) is 5.66. The van der Waals surface area contributed by atoms with Crippen molar-refractivity contribution in [1.29, 1.82) is 0 Å². The zero-order valence-corrected chi connectivity index (χ0v) is 11.9. The number of hydrogen-bond acceptors (Lipinski definition) is 8. The Hall–Kier alpha value is -1.68. The molecule has 0 aromatic rings. The highest BCUT2D eigenvalue weighted by Crippen LogP contribution is 2.83. The molecule has 4 rings (SSSR count). The molecule has 1 saturated heterocycles. The van der Waals surface area contributed by atoms with E-state index in [-0.39, 0.29) is 29.6 Å². The number of carbonyl (C=O) groups excluding carboxylic acids is 3. The fraction of sp³-hybridized carbons (Fsp3) is 0.750. The van der Waals surface area contributed by atoms with Gasteiger partial charge in [-0.3, -0.25) is 14.1 Å². The maximum absolute atomic E-state index is 11.7. The normalized spacial score (nSPS) is 43.0. The fourth-order valence-electron chi connectivity index (χ4n) is 4.47. The molecule has 3 aliphatic carbocycles. The zero-order chi connectivity index (χ0) is 15.9. The Morgan fingerprint density at radius 3 is 2.73 bits per heavy atom. The second-order valence-corrected chi connectivity index (χ2v) is 7.58.